The van der Waals surface area contributed by atoms with E-state index in [-0.39, 0.29) is 35.2 Å². The Labute approximate surface area is 179 Å². The normalized spacial score (nSPS) is 10.8. The molecule has 1 N–H and O–H groups in total. The number of hydrogen-bond donors (Lipinski definition) is 1. The van der Waals surface area contributed by atoms with Crippen LogP contribution in [0.3, 0.4) is 0 Å². The predicted molar refractivity (Wildman–Crippen MR) is 116 cm³/mol. The maximum Gasteiger partial charge on any atom is 0.335 e. The van der Waals surface area contributed by atoms with Gasteiger partial charge in [-0.1, -0.05) is 30.9 Å². The number of esters is 1. The highest BCUT2D eigenvalue weighted by Crippen LogP contribution is 2.29. The Morgan fingerprint density at radius 3 is 1.97 bits per heavy atom. The fourth-order valence-corrected chi connectivity index (χ4v) is 2.49. The van der Waals surface area contributed by atoms with Gasteiger partial charge in [0.05, 0.1) is 20.6 Å². The Balaban J connectivity index is 1.99. The minimum Gasteiger partial charge on any atom is -0.504 e. The zero-order chi connectivity index (χ0) is 22.8. The second-order valence-corrected chi connectivity index (χ2v) is 6.24. The highest BCUT2D eigenvalue weighted by atomic mass is 16.6. The summed E-state index contributed by atoms with van der Waals surface area (Å²) in [6, 6.07) is 9.41. The van der Waals surface area contributed by atoms with E-state index in [1.807, 2.05) is 0 Å². The van der Waals surface area contributed by atoms with Crippen LogP contribution in [0.15, 0.2) is 61.2 Å². The van der Waals surface area contributed by atoms with E-state index in [1.165, 1.54) is 50.7 Å². The Morgan fingerprint density at radius 1 is 0.871 bits per heavy atom. The molecule has 7 nitrogen and oxygen atoms in total. The Morgan fingerprint density at radius 2 is 1.42 bits per heavy atom. The van der Waals surface area contributed by atoms with Crippen molar-refractivity contribution in [1.82, 2.24) is 0 Å². The largest absolute Gasteiger partial charge is 0.504 e. The quantitative estimate of drug-likeness (QED) is 0.269. The van der Waals surface area contributed by atoms with E-state index >= 15 is 0 Å². The first-order valence-electron chi connectivity index (χ1n) is 9.17. The number of phenolic OH excluding ortho intramolecular Hbond substituents is 1. The van der Waals surface area contributed by atoms with Gasteiger partial charge in [-0.15, -0.1) is 0 Å². The van der Waals surface area contributed by atoms with E-state index < -0.39 is 5.97 Å². The summed E-state index contributed by atoms with van der Waals surface area (Å²) in [5.41, 5.74) is 1.28. The fourth-order valence-electron chi connectivity index (χ4n) is 2.49. The van der Waals surface area contributed by atoms with Gasteiger partial charge in [-0.25, -0.2) is 4.79 Å². The first-order chi connectivity index (χ1) is 14.9. The number of phenols is 1. The molecule has 160 valence electrons. The van der Waals surface area contributed by atoms with Crippen LogP contribution < -0.4 is 14.2 Å². The van der Waals surface area contributed by atoms with E-state index in [1.54, 1.807) is 24.3 Å². The summed E-state index contributed by atoms with van der Waals surface area (Å²) in [5.74, 6) is -0.543. The van der Waals surface area contributed by atoms with Crippen LogP contribution in [0, 0.1) is 0 Å². The highest BCUT2D eigenvalue weighted by molar-refractivity contribution is 6.10. The number of allylic oxidation sites excluding steroid dienone is 2. The van der Waals surface area contributed by atoms with E-state index in [9.17, 15) is 19.5 Å². The summed E-state index contributed by atoms with van der Waals surface area (Å²) in [7, 11) is 2.85. The van der Waals surface area contributed by atoms with E-state index in [4.69, 9.17) is 14.2 Å². The van der Waals surface area contributed by atoms with Crippen molar-refractivity contribution in [3.8, 4) is 23.0 Å². The Hall–Kier alpha value is -4.13. The third-order valence-corrected chi connectivity index (χ3v) is 4.04. The van der Waals surface area contributed by atoms with E-state index in [0.717, 1.165) is 6.08 Å². The highest BCUT2D eigenvalue weighted by Gasteiger charge is 2.09. The smallest absolute Gasteiger partial charge is 0.335 e. The molecule has 31 heavy (non-hydrogen) atoms. The lowest BCUT2D eigenvalue weighted by atomic mass is 10.1. The molecule has 0 radical (unpaired) electrons. The van der Waals surface area contributed by atoms with Crippen molar-refractivity contribution < 1.29 is 33.7 Å². The van der Waals surface area contributed by atoms with Crippen molar-refractivity contribution in [2.24, 2.45) is 0 Å². The lowest BCUT2D eigenvalue weighted by Crippen LogP contribution is -2.04. The van der Waals surface area contributed by atoms with Crippen LogP contribution in [-0.4, -0.2) is 36.9 Å². The van der Waals surface area contributed by atoms with Crippen molar-refractivity contribution in [2.45, 2.75) is 6.42 Å². The number of aromatic hydroxyl groups is 1. The van der Waals surface area contributed by atoms with Crippen LogP contribution in [0.4, 0.5) is 0 Å². The van der Waals surface area contributed by atoms with Gasteiger partial charge in [-0.2, -0.15) is 0 Å². The molecule has 2 aromatic carbocycles. The minimum atomic E-state index is -0.617. The van der Waals surface area contributed by atoms with Gasteiger partial charge >= 0.3 is 5.97 Å². The van der Waals surface area contributed by atoms with Gasteiger partial charge in [0.25, 0.3) is 0 Å². The topological polar surface area (TPSA) is 99.1 Å². The molecule has 0 saturated carbocycles. The number of ketones is 2. The van der Waals surface area contributed by atoms with Crippen LogP contribution in [0.5, 0.6) is 23.0 Å². The second kappa shape index (κ2) is 11.2. The molecule has 0 aliphatic heterocycles. The van der Waals surface area contributed by atoms with Crippen molar-refractivity contribution in [3.63, 3.8) is 0 Å². The minimum absolute atomic E-state index is 0.00479. The summed E-state index contributed by atoms with van der Waals surface area (Å²) < 4.78 is 15.2. The monoisotopic (exact) mass is 422 g/mol. The number of benzene rings is 2. The maximum absolute atomic E-state index is 12.1. The molecule has 0 aliphatic rings. The third kappa shape index (κ3) is 7.01. The number of ether oxygens (including phenoxy) is 3. The lowest BCUT2D eigenvalue weighted by molar-refractivity contribution is -0.129. The molecule has 2 aromatic rings. The molecule has 0 amide bonds. The van der Waals surface area contributed by atoms with Gasteiger partial charge in [0.2, 0.25) is 0 Å². The lowest BCUT2D eigenvalue weighted by Gasteiger charge is -2.08. The van der Waals surface area contributed by atoms with Crippen LogP contribution in [0.25, 0.3) is 12.2 Å². The van der Waals surface area contributed by atoms with Gasteiger partial charge in [-0.3, -0.25) is 9.59 Å². The van der Waals surface area contributed by atoms with Crippen molar-refractivity contribution in [1.29, 1.82) is 0 Å². The average Bonchev–Trinajstić information content (AvgIpc) is 2.77. The van der Waals surface area contributed by atoms with Crippen LogP contribution in [0.2, 0.25) is 0 Å². The van der Waals surface area contributed by atoms with Crippen molar-refractivity contribution in [2.75, 3.05) is 14.2 Å². The summed E-state index contributed by atoms with van der Waals surface area (Å²) >= 11 is 0. The van der Waals surface area contributed by atoms with Crippen LogP contribution >= 0.6 is 0 Å². The molecule has 0 unspecified atom stereocenters. The molecule has 0 bridgehead atoms. The van der Waals surface area contributed by atoms with E-state index in [2.05, 4.69) is 6.58 Å². The summed E-state index contributed by atoms with van der Waals surface area (Å²) in [4.78, 5) is 35.5. The summed E-state index contributed by atoms with van der Waals surface area (Å²) in [6.07, 6.45) is 6.40. The molecule has 0 saturated heterocycles. The van der Waals surface area contributed by atoms with Crippen molar-refractivity contribution in [3.05, 3.63) is 72.3 Å². The second-order valence-electron chi connectivity index (χ2n) is 6.24. The Kier molecular flexibility index (Phi) is 8.33. The zero-order valence-corrected chi connectivity index (χ0v) is 17.2. The number of hydrogen-bond acceptors (Lipinski definition) is 7. The molecular formula is C24H22O7. The first-order valence-corrected chi connectivity index (χ1v) is 9.17. The molecule has 0 atom stereocenters. The zero-order valence-electron chi connectivity index (χ0n) is 17.2. The molecule has 0 aromatic heterocycles. The fraction of sp³-hybridized carbons (Fsp3) is 0.125. The molecule has 0 spiro atoms. The third-order valence-electron chi connectivity index (χ3n) is 4.04. The number of carbonyl (C=O) groups excluding carboxylic acids is 3. The van der Waals surface area contributed by atoms with Crippen molar-refractivity contribution >= 4 is 29.7 Å². The predicted octanol–water partition coefficient (Wildman–Crippen LogP) is 3.76. The molecule has 0 fully saturated rings. The first kappa shape index (κ1) is 23.2. The molecule has 7 heteroatoms. The molecule has 0 aliphatic carbocycles. The molecular weight excluding hydrogens is 400 g/mol. The number of methoxy groups -OCH3 is 2. The maximum atomic E-state index is 12.1. The summed E-state index contributed by atoms with van der Waals surface area (Å²) in [6.45, 7) is 3.33. The van der Waals surface area contributed by atoms with Crippen LogP contribution in [-0.2, 0) is 14.4 Å². The van der Waals surface area contributed by atoms with Gasteiger partial charge in [0.15, 0.2) is 34.6 Å². The number of carbonyl (C=O) groups is 3. The van der Waals surface area contributed by atoms with Gasteiger partial charge in [0, 0.05) is 6.08 Å². The van der Waals surface area contributed by atoms with Crippen LogP contribution in [0.1, 0.15) is 17.5 Å². The van der Waals surface area contributed by atoms with Gasteiger partial charge in [-0.05, 0) is 47.5 Å². The average molecular weight is 422 g/mol. The molecule has 2 rings (SSSR count). The van der Waals surface area contributed by atoms with Gasteiger partial charge < -0.3 is 19.3 Å². The number of rotatable bonds is 10. The van der Waals surface area contributed by atoms with E-state index in [0.29, 0.717) is 16.9 Å². The standard InChI is InChI=1S/C24H22O7/c1-4-24(28)31-21-12-8-17(14-23(21)30-3)6-10-19(26)15-18(25)9-5-16-7-11-20(27)22(13-16)29-2/h4-14,27H,1,15H2,2-3H3/b9-5+,10-6+. The molecule has 0 heterocycles. The Bertz CT molecular complexity index is 1050. The van der Waals surface area contributed by atoms with Gasteiger partial charge in [0.1, 0.15) is 0 Å². The SMILES string of the molecule is C=CC(=O)Oc1ccc(/C=C/C(=O)CC(=O)/C=C/c2ccc(O)c(OC)c2)cc1OC. The summed E-state index contributed by atoms with van der Waals surface area (Å²) in [5, 5.41) is 9.58.